The first-order chi connectivity index (χ1) is 11.6. The number of nitrogens with one attached hydrogen (secondary N) is 2. The number of aryl methyl sites for hydroxylation is 2. The topological polar surface area (TPSA) is 78.9 Å². The summed E-state index contributed by atoms with van der Waals surface area (Å²) in [5, 5.41) is 7.58. The molecule has 1 rings (SSSR count). The van der Waals surface area contributed by atoms with Gasteiger partial charge in [0.05, 0.1) is 10.7 Å². The largest absolute Gasteiger partial charge is 0.444 e. The molecule has 0 saturated heterocycles. The summed E-state index contributed by atoms with van der Waals surface area (Å²) in [4.78, 5) is 23.4. The predicted octanol–water partition coefficient (Wildman–Crippen LogP) is 2.95. The average Bonchev–Trinajstić information content (AvgIpc) is 2.82. The molecule has 0 radical (unpaired) electrons. The van der Waals surface area contributed by atoms with Gasteiger partial charge in [-0.1, -0.05) is 0 Å². The molecule has 0 aliphatic carbocycles. The van der Waals surface area contributed by atoms with Gasteiger partial charge in [-0.3, -0.25) is 4.99 Å². The van der Waals surface area contributed by atoms with Gasteiger partial charge in [0.15, 0.2) is 5.96 Å². The van der Waals surface area contributed by atoms with Gasteiger partial charge in [-0.2, -0.15) is 0 Å². The molecular formula is C17H32IN5O2S. The minimum atomic E-state index is -0.483. The molecule has 26 heavy (non-hydrogen) atoms. The number of rotatable bonds is 6. The molecule has 9 heteroatoms. The van der Waals surface area contributed by atoms with E-state index in [9.17, 15) is 4.79 Å². The zero-order chi connectivity index (χ0) is 19.0. The molecule has 1 heterocycles. The maximum absolute atomic E-state index is 11.9. The summed E-state index contributed by atoms with van der Waals surface area (Å²) in [6.45, 7) is 11.6. The van der Waals surface area contributed by atoms with Crippen molar-refractivity contribution in [2.75, 3.05) is 33.7 Å². The number of aliphatic imine (C=N–C) groups is 1. The number of halogens is 1. The zero-order valence-electron chi connectivity index (χ0n) is 16.8. The fourth-order valence-electron chi connectivity index (χ4n) is 1.93. The number of nitrogens with zero attached hydrogens (tertiary/aromatic N) is 3. The van der Waals surface area contributed by atoms with E-state index in [0.717, 1.165) is 23.7 Å². The first kappa shape index (κ1) is 24.9. The van der Waals surface area contributed by atoms with Crippen LogP contribution in [0.4, 0.5) is 4.79 Å². The van der Waals surface area contributed by atoms with E-state index in [0.29, 0.717) is 19.0 Å². The number of aromatic nitrogens is 1. The number of hydrogen-bond acceptors (Lipinski definition) is 5. The average molecular weight is 497 g/mol. The molecule has 0 aromatic carbocycles. The molecule has 0 bridgehead atoms. The maximum Gasteiger partial charge on any atom is 0.410 e. The van der Waals surface area contributed by atoms with Gasteiger partial charge in [0.1, 0.15) is 5.60 Å². The van der Waals surface area contributed by atoms with Crippen molar-refractivity contribution in [2.24, 2.45) is 4.99 Å². The Bertz CT molecular complexity index is 579. The summed E-state index contributed by atoms with van der Waals surface area (Å²) >= 11 is 1.73. The number of guanidine groups is 1. The Kier molecular flexibility index (Phi) is 11.1. The highest BCUT2D eigenvalue weighted by molar-refractivity contribution is 14.0. The lowest BCUT2D eigenvalue weighted by Gasteiger charge is -2.24. The quantitative estimate of drug-likeness (QED) is 0.359. The Balaban J connectivity index is 0.00000625. The molecule has 1 aromatic heterocycles. The van der Waals surface area contributed by atoms with Gasteiger partial charge in [-0.05, 0) is 34.6 Å². The molecule has 0 saturated carbocycles. The highest BCUT2D eigenvalue weighted by atomic mass is 127. The van der Waals surface area contributed by atoms with Crippen LogP contribution in [0.2, 0.25) is 0 Å². The van der Waals surface area contributed by atoms with Crippen LogP contribution in [-0.2, 0) is 11.2 Å². The maximum atomic E-state index is 11.9. The Labute approximate surface area is 178 Å². The van der Waals surface area contributed by atoms with Crippen LogP contribution in [0.1, 0.15) is 36.3 Å². The number of carbonyl (C=O) groups excluding carboxylic acids is 1. The molecule has 2 N–H and O–H groups in total. The second-order valence-corrected chi connectivity index (χ2v) is 8.11. The third-order valence-corrected chi connectivity index (χ3v) is 4.51. The van der Waals surface area contributed by atoms with E-state index in [-0.39, 0.29) is 30.1 Å². The standard InChI is InChI=1S/C17H31N5O2S.HI/c1-12-13(2)25-14(21-12)8-9-19-15(18-6)20-10-11-22(7)16(23)24-17(3,4)5;/h8-11H2,1-7H3,(H2,18,19,20);1H. The van der Waals surface area contributed by atoms with Gasteiger partial charge in [-0.25, -0.2) is 9.78 Å². The Morgan fingerprint density at radius 1 is 1.27 bits per heavy atom. The Hall–Kier alpha value is -1.10. The third-order valence-electron chi connectivity index (χ3n) is 3.37. The molecule has 0 aliphatic rings. The lowest BCUT2D eigenvalue weighted by atomic mass is 10.2. The summed E-state index contributed by atoms with van der Waals surface area (Å²) in [5.74, 6) is 0.711. The molecule has 7 nitrogen and oxygen atoms in total. The normalized spacial score (nSPS) is 11.6. The minimum absolute atomic E-state index is 0. The molecule has 0 aliphatic heterocycles. The van der Waals surface area contributed by atoms with Gasteiger partial charge in [0.2, 0.25) is 0 Å². The van der Waals surface area contributed by atoms with Crippen molar-refractivity contribution in [3.8, 4) is 0 Å². The Morgan fingerprint density at radius 2 is 1.88 bits per heavy atom. The lowest BCUT2D eigenvalue weighted by molar-refractivity contribution is 0.0302. The van der Waals surface area contributed by atoms with Crippen LogP contribution in [0.25, 0.3) is 0 Å². The van der Waals surface area contributed by atoms with E-state index in [1.165, 1.54) is 4.88 Å². The van der Waals surface area contributed by atoms with Gasteiger partial charge in [0, 0.05) is 45.0 Å². The lowest BCUT2D eigenvalue weighted by Crippen LogP contribution is -2.43. The van der Waals surface area contributed by atoms with Crippen LogP contribution in [0.5, 0.6) is 0 Å². The fourth-order valence-corrected chi connectivity index (χ4v) is 2.86. The van der Waals surface area contributed by atoms with Crippen LogP contribution < -0.4 is 10.6 Å². The molecule has 0 atom stereocenters. The molecule has 1 aromatic rings. The molecule has 150 valence electrons. The monoisotopic (exact) mass is 497 g/mol. The van der Waals surface area contributed by atoms with Crippen molar-refractivity contribution in [1.82, 2.24) is 20.5 Å². The van der Waals surface area contributed by atoms with Crippen molar-refractivity contribution in [2.45, 2.75) is 46.6 Å². The summed E-state index contributed by atoms with van der Waals surface area (Å²) in [7, 11) is 3.45. The third kappa shape index (κ3) is 9.56. The SMILES string of the molecule is CN=C(NCCc1nc(C)c(C)s1)NCCN(C)C(=O)OC(C)(C)C.I. The second kappa shape index (κ2) is 11.6. The molecule has 0 spiro atoms. The first-order valence-electron chi connectivity index (χ1n) is 8.44. The van der Waals surface area contributed by atoms with Crippen LogP contribution in [0.3, 0.4) is 0 Å². The first-order valence-corrected chi connectivity index (χ1v) is 9.25. The van der Waals surface area contributed by atoms with Crippen LogP contribution in [0.15, 0.2) is 4.99 Å². The van der Waals surface area contributed by atoms with Crippen LogP contribution in [-0.4, -0.2) is 61.3 Å². The van der Waals surface area contributed by atoms with E-state index in [1.807, 2.05) is 27.7 Å². The van der Waals surface area contributed by atoms with Gasteiger partial charge in [0.25, 0.3) is 0 Å². The van der Waals surface area contributed by atoms with E-state index in [1.54, 1.807) is 30.3 Å². The highest BCUT2D eigenvalue weighted by Crippen LogP contribution is 2.16. The minimum Gasteiger partial charge on any atom is -0.444 e. The number of carbonyl (C=O) groups is 1. The number of likely N-dealkylation sites (N-methyl/N-ethyl adjacent to an activating group) is 1. The van der Waals surface area contributed by atoms with Crippen molar-refractivity contribution in [3.05, 3.63) is 15.6 Å². The number of thiazole rings is 1. The smallest absolute Gasteiger partial charge is 0.410 e. The van der Waals surface area contributed by atoms with E-state index in [4.69, 9.17) is 4.74 Å². The van der Waals surface area contributed by atoms with Crippen LogP contribution in [0, 0.1) is 13.8 Å². The van der Waals surface area contributed by atoms with Crippen molar-refractivity contribution in [1.29, 1.82) is 0 Å². The van der Waals surface area contributed by atoms with Gasteiger partial charge < -0.3 is 20.3 Å². The predicted molar refractivity (Wildman–Crippen MR) is 119 cm³/mol. The second-order valence-electron chi connectivity index (χ2n) is 6.83. The number of hydrogen-bond donors (Lipinski definition) is 2. The summed E-state index contributed by atoms with van der Waals surface area (Å²) in [5.41, 5.74) is 0.621. The van der Waals surface area contributed by atoms with Gasteiger partial charge >= 0.3 is 6.09 Å². The highest BCUT2D eigenvalue weighted by Gasteiger charge is 2.19. The zero-order valence-corrected chi connectivity index (χ0v) is 19.9. The Morgan fingerprint density at radius 3 is 2.38 bits per heavy atom. The summed E-state index contributed by atoms with van der Waals surface area (Å²) in [6, 6.07) is 0. The fraction of sp³-hybridized carbons (Fsp3) is 0.706. The summed E-state index contributed by atoms with van der Waals surface area (Å²) < 4.78 is 5.32. The van der Waals surface area contributed by atoms with Crippen LogP contribution >= 0.6 is 35.3 Å². The van der Waals surface area contributed by atoms with E-state index < -0.39 is 5.60 Å². The number of amides is 1. The van der Waals surface area contributed by atoms with Gasteiger partial charge in [-0.15, -0.1) is 35.3 Å². The molecule has 0 unspecified atom stereocenters. The summed E-state index contributed by atoms with van der Waals surface area (Å²) in [6.07, 6.45) is 0.532. The number of ether oxygens (including phenoxy) is 1. The van der Waals surface area contributed by atoms with Crippen molar-refractivity contribution < 1.29 is 9.53 Å². The van der Waals surface area contributed by atoms with Crippen molar-refractivity contribution >= 4 is 47.4 Å². The van der Waals surface area contributed by atoms with E-state index >= 15 is 0 Å². The molecule has 0 fully saturated rings. The van der Waals surface area contributed by atoms with E-state index in [2.05, 4.69) is 27.5 Å². The molecular weight excluding hydrogens is 465 g/mol. The molecule has 1 amide bonds. The van der Waals surface area contributed by atoms with Crippen molar-refractivity contribution in [3.63, 3.8) is 0 Å².